The molecule has 0 fully saturated rings. The fourth-order valence-electron chi connectivity index (χ4n) is 3.04. The van der Waals surface area contributed by atoms with E-state index in [-0.39, 0.29) is 5.97 Å². The fraction of sp³-hybridized carbons (Fsp3) is 0.500. The molecule has 0 amide bonds. The summed E-state index contributed by atoms with van der Waals surface area (Å²) in [5.41, 5.74) is 3.11. The molecule has 0 aliphatic heterocycles. The number of aryl methyl sites for hydroxylation is 1. The van der Waals surface area contributed by atoms with E-state index in [1.807, 2.05) is 36.7 Å². The van der Waals surface area contributed by atoms with E-state index in [2.05, 4.69) is 30.7 Å². The Morgan fingerprint density at radius 2 is 1.67 bits per heavy atom. The van der Waals surface area contributed by atoms with Crippen LogP contribution in [0.15, 0.2) is 42.7 Å². The zero-order valence-electron chi connectivity index (χ0n) is 18.8. The van der Waals surface area contributed by atoms with Gasteiger partial charge in [-0.05, 0) is 36.0 Å². The molecular formula is C26H36N2O2. The van der Waals surface area contributed by atoms with Crippen LogP contribution >= 0.6 is 0 Å². The lowest BCUT2D eigenvalue weighted by molar-refractivity contribution is -0.138. The largest absolute Gasteiger partial charge is 0.462 e. The molecule has 1 aromatic carbocycles. The normalized spacial score (nSPS) is 12.2. The maximum Gasteiger partial charge on any atom is 0.330 e. The van der Waals surface area contributed by atoms with Gasteiger partial charge >= 0.3 is 5.97 Å². The summed E-state index contributed by atoms with van der Waals surface area (Å²) in [6, 6.07) is 7.88. The molecule has 1 heterocycles. The Morgan fingerprint density at radius 1 is 1.00 bits per heavy atom. The standard InChI is InChI=1S/C26H36N2O2/c1-4-6-7-8-9-10-11-23-18-27-26(28-19-23)24-15-12-22(13-16-24)14-17-25(29)30-20-21(3)5-2/h12-19,21H,4-11,20H2,1-3H3/b17-14+. The molecule has 0 aliphatic carbocycles. The second-order valence-electron chi connectivity index (χ2n) is 8.03. The summed E-state index contributed by atoms with van der Waals surface area (Å²) >= 11 is 0. The summed E-state index contributed by atoms with van der Waals surface area (Å²) in [5, 5.41) is 0. The van der Waals surface area contributed by atoms with Crippen molar-refractivity contribution in [2.24, 2.45) is 5.92 Å². The van der Waals surface area contributed by atoms with Crippen molar-refractivity contribution in [2.75, 3.05) is 6.61 Å². The molecule has 30 heavy (non-hydrogen) atoms. The van der Waals surface area contributed by atoms with Crippen molar-refractivity contribution in [3.05, 3.63) is 53.9 Å². The van der Waals surface area contributed by atoms with Gasteiger partial charge < -0.3 is 4.74 Å². The van der Waals surface area contributed by atoms with Crippen LogP contribution in [0.2, 0.25) is 0 Å². The first kappa shape index (κ1) is 23.8. The Kier molecular flexibility index (Phi) is 10.8. The van der Waals surface area contributed by atoms with Crippen LogP contribution < -0.4 is 0 Å². The third-order valence-corrected chi connectivity index (χ3v) is 5.31. The summed E-state index contributed by atoms with van der Waals surface area (Å²) < 4.78 is 5.23. The molecule has 0 saturated heterocycles. The predicted octanol–water partition coefficient (Wildman–Crippen LogP) is 6.65. The average Bonchev–Trinajstić information content (AvgIpc) is 2.79. The van der Waals surface area contributed by atoms with Crippen LogP contribution in [0.4, 0.5) is 0 Å². The number of carbonyl (C=O) groups is 1. The first-order valence-electron chi connectivity index (χ1n) is 11.4. The Labute approximate surface area is 181 Å². The number of esters is 1. The third kappa shape index (κ3) is 8.89. The van der Waals surface area contributed by atoms with Crippen LogP contribution in [-0.4, -0.2) is 22.5 Å². The number of ether oxygens (including phenoxy) is 1. The van der Waals surface area contributed by atoms with E-state index in [1.54, 1.807) is 6.08 Å². The van der Waals surface area contributed by atoms with Crippen LogP contribution in [-0.2, 0) is 16.0 Å². The second kappa shape index (κ2) is 13.7. The summed E-state index contributed by atoms with van der Waals surface area (Å²) in [6.45, 7) is 6.86. The van der Waals surface area contributed by atoms with Gasteiger partial charge in [-0.1, -0.05) is 83.6 Å². The smallest absolute Gasteiger partial charge is 0.330 e. The van der Waals surface area contributed by atoms with Gasteiger partial charge in [0.1, 0.15) is 0 Å². The van der Waals surface area contributed by atoms with Crippen molar-refractivity contribution in [2.45, 2.75) is 72.1 Å². The number of nitrogens with zero attached hydrogens (tertiary/aromatic N) is 2. The van der Waals surface area contributed by atoms with Crippen molar-refractivity contribution < 1.29 is 9.53 Å². The topological polar surface area (TPSA) is 52.1 Å². The van der Waals surface area contributed by atoms with Gasteiger partial charge in [-0.15, -0.1) is 0 Å². The van der Waals surface area contributed by atoms with Gasteiger partial charge in [0.05, 0.1) is 6.61 Å². The van der Waals surface area contributed by atoms with Crippen molar-refractivity contribution >= 4 is 12.0 Å². The van der Waals surface area contributed by atoms with Crippen LogP contribution in [0.5, 0.6) is 0 Å². The van der Waals surface area contributed by atoms with Gasteiger partial charge in [0.2, 0.25) is 0 Å². The molecule has 1 unspecified atom stereocenters. The van der Waals surface area contributed by atoms with Crippen LogP contribution in [0.1, 0.15) is 76.8 Å². The van der Waals surface area contributed by atoms with Crippen molar-refractivity contribution in [3.8, 4) is 11.4 Å². The second-order valence-corrected chi connectivity index (χ2v) is 8.03. The number of aromatic nitrogens is 2. The number of carbonyl (C=O) groups excluding carboxylic acids is 1. The monoisotopic (exact) mass is 408 g/mol. The number of rotatable bonds is 13. The Balaban J connectivity index is 1.81. The molecule has 2 rings (SSSR count). The average molecular weight is 409 g/mol. The number of hydrogen-bond donors (Lipinski definition) is 0. The van der Waals surface area contributed by atoms with E-state index in [0.29, 0.717) is 12.5 Å². The lowest BCUT2D eigenvalue weighted by atomic mass is 10.1. The van der Waals surface area contributed by atoms with E-state index >= 15 is 0 Å². The minimum Gasteiger partial charge on any atom is -0.462 e. The number of hydrogen-bond acceptors (Lipinski definition) is 4. The van der Waals surface area contributed by atoms with Crippen LogP contribution in [0, 0.1) is 5.92 Å². The number of benzene rings is 1. The maximum absolute atomic E-state index is 11.8. The molecule has 4 heteroatoms. The van der Waals surface area contributed by atoms with E-state index in [1.165, 1.54) is 50.2 Å². The molecule has 0 aliphatic rings. The fourth-order valence-corrected chi connectivity index (χ4v) is 3.04. The van der Waals surface area contributed by atoms with Gasteiger partial charge in [0.25, 0.3) is 0 Å². The van der Waals surface area contributed by atoms with E-state index in [9.17, 15) is 4.79 Å². The molecule has 0 N–H and O–H groups in total. The minimum absolute atomic E-state index is 0.302. The lowest BCUT2D eigenvalue weighted by Gasteiger charge is -2.07. The van der Waals surface area contributed by atoms with E-state index < -0.39 is 0 Å². The highest BCUT2D eigenvalue weighted by atomic mass is 16.5. The SMILES string of the molecule is CCCCCCCCc1cnc(-c2ccc(/C=C/C(=O)OCC(C)CC)cc2)nc1. The highest BCUT2D eigenvalue weighted by Crippen LogP contribution is 2.17. The third-order valence-electron chi connectivity index (χ3n) is 5.31. The van der Waals surface area contributed by atoms with Crippen molar-refractivity contribution in [1.82, 2.24) is 9.97 Å². The summed E-state index contributed by atoms with van der Waals surface area (Å²) in [5.74, 6) is 0.813. The molecule has 2 aromatic rings. The lowest BCUT2D eigenvalue weighted by Crippen LogP contribution is -2.08. The molecule has 4 nitrogen and oxygen atoms in total. The molecule has 0 radical (unpaired) electrons. The zero-order chi connectivity index (χ0) is 21.6. The minimum atomic E-state index is -0.302. The first-order valence-corrected chi connectivity index (χ1v) is 11.4. The summed E-state index contributed by atoms with van der Waals surface area (Å²) in [4.78, 5) is 20.8. The van der Waals surface area contributed by atoms with Gasteiger partial charge in [0.15, 0.2) is 5.82 Å². The van der Waals surface area contributed by atoms with Gasteiger partial charge in [-0.3, -0.25) is 0 Å². The molecule has 0 saturated carbocycles. The Bertz CT molecular complexity index is 767. The summed E-state index contributed by atoms with van der Waals surface area (Å²) in [6.07, 6.45) is 17.0. The van der Waals surface area contributed by atoms with Crippen molar-refractivity contribution in [3.63, 3.8) is 0 Å². The van der Waals surface area contributed by atoms with Gasteiger partial charge in [-0.2, -0.15) is 0 Å². The molecule has 0 bridgehead atoms. The molecule has 162 valence electrons. The van der Waals surface area contributed by atoms with Crippen molar-refractivity contribution in [1.29, 1.82) is 0 Å². The quantitative estimate of drug-likeness (QED) is 0.211. The van der Waals surface area contributed by atoms with Crippen LogP contribution in [0.25, 0.3) is 17.5 Å². The highest BCUT2D eigenvalue weighted by Gasteiger charge is 2.04. The highest BCUT2D eigenvalue weighted by molar-refractivity contribution is 5.87. The molecule has 1 aromatic heterocycles. The van der Waals surface area contributed by atoms with Gasteiger partial charge in [0, 0.05) is 24.0 Å². The maximum atomic E-state index is 11.8. The Morgan fingerprint density at radius 3 is 2.33 bits per heavy atom. The summed E-state index contributed by atoms with van der Waals surface area (Å²) in [7, 11) is 0. The molecule has 0 spiro atoms. The zero-order valence-corrected chi connectivity index (χ0v) is 18.8. The number of unbranched alkanes of at least 4 members (excludes halogenated alkanes) is 5. The van der Waals surface area contributed by atoms with E-state index in [0.717, 1.165) is 29.8 Å². The van der Waals surface area contributed by atoms with E-state index in [4.69, 9.17) is 4.74 Å². The van der Waals surface area contributed by atoms with Gasteiger partial charge in [-0.25, -0.2) is 14.8 Å². The first-order chi connectivity index (χ1) is 14.6. The predicted molar refractivity (Wildman–Crippen MR) is 124 cm³/mol. The molecule has 1 atom stereocenters. The van der Waals surface area contributed by atoms with Crippen LogP contribution in [0.3, 0.4) is 0 Å². The Hall–Kier alpha value is -2.49. The molecular weight excluding hydrogens is 372 g/mol.